The molecule has 0 aliphatic rings. The van der Waals surface area contributed by atoms with Gasteiger partial charge < -0.3 is 4.42 Å². The molecule has 1 unspecified atom stereocenters. The largest absolute Gasteiger partial charge is 0.423 e. The van der Waals surface area contributed by atoms with Gasteiger partial charge in [0, 0.05) is 17.5 Å². The molecular weight excluding hydrogens is 228 g/mol. The third-order valence-corrected chi connectivity index (χ3v) is 2.95. The Morgan fingerprint density at radius 3 is 2.83 bits per heavy atom. The molecule has 1 heterocycles. The van der Waals surface area contributed by atoms with E-state index >= 15 is 0 Å². The van der Waals surface area contributed by atoms with Crippen molar-refractivity contribution < 1.29 is 4.42 Å². The Kier molecular flexibility index (Phi) is 4.12. The van der Waals surface area contributed by atoms with Crippen molar-refractivity contribution >= 4 is 11.0 Å². The monoisotopic (exact) mass is 246 g/mol. The van der Waals surface area contributed by atoms with Gasteiger partial charge in [0.25, 0.3) is 0 Å². The average molecular weight is 246 g/mol. The molecule has 0 saturated heterocycles. The molecule has 2 N–H and O–H groups in total. The number of para-hydroxylation sites is 1. The van der Waals surface area contributed by atoms with Crippen LogP contribution in [0.1, 0.15) is 31.4 Å². The van der Waals surface area contributed by atoms with E-state index in [4.69, 9.17) is 4.42 Å². The Balaban J connectivity index is 2.56. The molecular formula is C14H18N2O2. The van der Waals surface area contributed by atoms with E-state index in [9.17, 15) is 4.79 Å². The molecule has 1 aromatic carbocycles. The molecule has 0 aliphatic heterocycles. The first-order chi connectivity index (χ1) is 8.76. The van der Waals surface area contributed by atoms with Gasteiger partial charge in [-0.05, 0) is 25.1 Å². The van der Waals surface area contributed by atoms with Gasteiger partial charge in [-0.2, -0.15) is 0 Å². The number of fused-ring (bicyclic) bond motifs is 1. The summed E-state index contributed by atoms with van der Waals surface area (Å²) in [5.74, 6) is 0. The maximum Gasteiger partial charge on any atom is 0.336 e. The maximum absolute atomic E-state index is 11.6. The quantitative estimate of drug-likeness (QED) is 0.628. The van der Waals surface area contributed by atoms with Crippen LogP contribution in [0.5, 0.6) is 0 Å². The van der Waals surface area contributed by atoms with E-state index in [0.29, 0.717) is 5.58 Å². The fraction of sp³-hybridized carbons (Fsp3) is 0.357. The number of benzene rings is 1. The first-order valence-corrected chi connectivity index (χ1v) is 6.21. The van der Waals surface area contributed by atoms with Crippen LogP contribution < -0.4 is 16.5 Å². The topological polar surface area (TPSA) is 54.3 Å². The first kappa shape index (κ1) is 12.8. The van der Waals surface area contributed by atoms with Gasteiger partial charge in [-0.3, -0.25) is 10.9 Å². The van der Waals surface area contributed by atoms with Crippen LogP contribution in [0.4, 0.5) is 0 Å². The zero-order chi connectivity index (χ0) is 13.0. The highest BCUT2D eigenvalue weighted by Crippen LogP contribution is 2.25. The van der Waals surface area contributed by atoms with Gasteiger partial charge in [0.15, 0.2) is 0 Å². The zero-order valence-corrected chi connectivity index (χ0v) is 10.7. The molecule has 2 aromatic rings. The predicted octanol–water partition coefficient (Wildman–Crippen LogP) is 2.36. The summed E-state index contributed by atoms with van der Waals surface area (Å²) < 4.78 is 5.20. The molecule has 18 heavy (non-hydrogen) atoms. The summed E-state index contributed by atoms with van der Waals surface area (Å²) in [5.41, 5.74) is 7.46. The molecule has 0 amide bonds. The molecule has 1 atom stereocenters. The third-order valence-electron chi connectivity index (χ3n) is 2.95. The second-order valence-electron chi connectivity index (χ2n) is 4.25. The van der Waals surface area contributed by atoms with Crippen molar-refractivity contribution in [3.63, 3.8) is 0 Å². The highest BCUT2D eigenvalue weighted by molar-refractivity contribution is 5.80. The third kappa shape index (κ3) is 2.60. The summed E-state index contributed by atoms with van der Waals surface area (Å²) in [7, 11) is 1.83. The summed E-state index contributed by atoms with van der Waals surface area (Å²) in [5, 5.41) is 0.985. The van der Waals surface area contributed by atoms with Gasteiger partial charge in [0.1, 0.15) is 5.58 Å². The van der Waals surface area contributed by atoms with Gasteiger partial charge in [0.2, 0.25) is 0 Å². The lowest BCUT2D eigenvalue weighted by molar-refractivity contribution is 0.443. The van der Waals surface area contributed by atoms with Crippen LogP contribution in [0.15, 0.2) is 39.5 Å². The van der Waals surface area contributed by atoms with Crippen molar-refractivity contribution in [1.82, 2.24) is 10.9 Å². The van der Waals surface area contributed by atoms with Crippen molar-refractivity contribution in [3.8, 4) is 0 Å². The van der Waals surface area contributed by atoms with Gasteiger partial charge in [0.05, 0.1) is 0 Å². The summed E-state index contributed by atoms with van der Waals surface area (Å²) in [4.78, 5) is 11.6. The molecule has 0 aliphatic carbocycles. The SMILES string of the molecule is CCCC(NNC)c1cc(=O)oc2ccccc12. The van der Waals surface area contributed by atoms with E-state index in [-0.39, 0.29) is 11.7 Å². The summed E-state index contributed by atoms with van der Waals surface area (Å²) >= 11 is 0. The van der Waals surface area contributed by atoms with E-state index in [0.717, 1.165) is 23.8 Å². The molecule has 0 spiro atoms. The highest BCUT2D eigenvalue weighted by atomic mass is 16.4. The maximum atomic E-state index is 11.6. The Morgan fingerprint density at radius 2 is 2.11 bits per heavy atom. The number of rotatable bonds is 5. The van der Waals surface area contributed by atoms with Crippen molar-refractivity contribution in [1.29, 1.82) is 0 Å². The number of hydrogen-bond acceptors (Lipinski definition) is 4. The van der Waals surface area contributed by atoms with Crippen LogP contribution in [-0.4, -0.2) is 7.05 Å². The van der Waals surface area contributed by atoms with Crippen LogP contribution >= 0.6 is 0 Å². The second kappa shape index (κ2) is 5.80. The zero-order valence-electron chi connectivity index (χ0n) is 10.7. The minimum absolute atomic E-state index is 0.106. The second-order valence-corrected chi connectivity index (χ2v) is 4.25. The van der Waals surface area contributed by atoms with Gasteiger partial charge in [-0.1, -0.05) is 31.5 Å². The molecule has 0 bridgehead atoms. The minimum Gasteiger partial charge on any atom is -0.423 e. The molecule has 4 nitrogen and oxygen atoms in total. The fourth-order valence-electron chi connectivity index (χ4n) is 2.19. The van der Waals surface area contributed by atoms with E-state index in [2.05, 4.69) is 17.8 Å². The summed E-state index contributed by atoms with van der Waals surface area (Å²) in [6, 6.07) is 9.31. The molecule has 4 heteroatoms. The molecule has 1 aromatic heterocycles. The van der Waals surface area contributed by atoms with Gasteiger partial charge in [-0.15, -0.1) is 0 Å². The van der Waals surface area contributed by atoms with E-state index in [1.165, 1.54) is 0 Å². The first-order valence-electron chi connectivity index (χ1n) is 6.21. The van der Waals surface area contributed by atoms with Gasteiger partial charge in [-0.25, -0.2) is 4.79 Å². The van der Waals surface area contributed by atoms with Crippen molar-refractivity contribution in [2.75, 3.05) is 7.05 Å². The lowest BCUT2D eigenvalue weighted by Gasteiger charge is -2.18. The Labute approximate surface area is 106 Å². The van der Waals surface area contributed by atoms with Crippen molar-refractivity contribution in [2.24, 2.45) is 0 Å². The minimum atomic E-state index is -0.303. The number of nitrogens with one attached hydrogen (secondary N) is 2. The molecule has 0 saturated carbocycles. The van der Waals surface area contributed by atoms with Crippen molar-refractivity contribution in [2.45, 2.75) is 25.8 Å². The fourth-order valence-corrected chi connectivity index (χ4v) is 2.19. The summed E-state index contributed by atoms with van der Waals surface area (Å²) in [6.45, 7) is 2.12. The summed E-state index contributed by atoms with van der Waals surface area (Å²) in [6.07, 6.45) is 1.99. The van der Waals surface area contributed by atoms with Crippen molar-refractivity contribution in [3.05, 3.63) is 46.3 Å². The van der Waals surface area contributed by atoms with Crippen LogP contribution in [0, 0.1) is 0 Å². The predicted molar refractivity (Wildman–Crippen MR) is 72.3 cm³/mol. The average Bonchev–Trinajstić information content (AvgIpc) is 2.37. The molecule has 2 rings (SSSR count). The lowest BCUT2D eigenvalue weighted by atomic mass is 10.00. The molecule has 0 radical (unpaired) electrons. The van der Waals surface area contributed by atoms with Crippen LogP contribution in [0.3, 0.4) is 0 Å². The molecule has 0 fully saturated rings. The number of hydrazine groups is 1. The lowest BCUT2D eigenvalue weighted by Crippen LogP contribution is -2.32. The number of hydrogen-bond donors (Lipinski definition) is 2. The smallest absolute Gasteiger partial charge is 0.336 e. The van der Waals surface area contributed by atoms with Crippen LogP contribution in [0.25, 0.3) is 11.0 Å². The van der Waals surface area contributed by atoms with Crippen LogP contribution in [-0.2, 0) is 0 Å². The van der Waals surface area contributed by atoms with E-state index in [1.54, 1.807) is 6.07 Å². The Bertz CT molecular complexity index is 571. The van der Waals surface area contributed by atoms with Crippen LogP contribution in [0.2, 0.25) is 0 Å². The Hall–Kier alpha value is -1.65. The van der Waals surface area contributed by atoms with E-state index in [1.807, 2.05) is 31.3 Å². The van der Waals surface area contributed by atoms with Gasteiger partial charge >= 0.3 is 5.63 Å². The normalized spacial score (nSPS) is 12.8. The highest BCUT2D eigenvalue weighted by Gasteiger charge is 2.14. The van der Waals surface area contributed by atoms with E-state index < -0.39 is 0 Å². The molecule has 96 valence electrons. The standard InChI is InChI=1S/C14H18N2O2/c1-3-6-12(16-15-2)11-9-14(17)18-13-8-5-4-7-10(11)13/h4-5,7-9,12,15-16H,3,6H2,1-2H3. The Morgan fingerprint density at radius 1 is 1.33 bits per heavy atom.